The zero-order valence-corrected chi connectivity index (χ0v) is 8.91. The van der Waals surface area contributed by atoms with Crippen LogP contribution < -0.4 is 5.73 Å². The Labute approximate surface area is 83.7 Å². The van der Waals surface area contributed by atoms with E-state index in [0.717, 1.165) is 17.7 Å². The van der Waals surface area contributed by atoms with Gasteiger partial charge in [-0.15, -0.1) is 0 Å². The number of aryl methyl sites for hydroxylation is 2. The lowest BCUT2D eigenvalue weighted by atomic mass is 9.86. The van der Waals surface area contributed by atoms with Crippen LogP contribution in [0.5, 0.6) is 0 Å². The maximum Gasteiger partial charge on any atom is 0.0710 e. The van der Waals surface area contributed by atoms with E-state index in [1.807, 2.05) is 18.7 Å². The number of fused-ring (bicyclic) bond motifs is 1. The Morgan fingerprint density at radius 2 is 2.36 bits per heavy atom. The molecular formula is C10H17N3O. The Morgan fingerprint density at radius 1 is 1.71 bits per heavy atom. The van der Waals surface area contributed by atoms with E-state index in [9.17, 15) is 5.11 Å². The summed E-state index contributed by atoms with van der Waals surface area (Å²) in [5.74, 6) is 0.283. The minimum atomic E-state index is -0.590. The first kappa shape index (κ1) is 9.68. The van der Waals surface area contributed by atoms with Gasteiger partial charge in [-0.1, -0.05) is 6.92 Å². The van der Waals surface area contributed by atoms with Crippen molar-refractivity contribution in [3.63, 3.8) is 0 Å². The minimum absolute atomic E-state index is 0.00625. The van der Waals surface area contributed by atoms with Gasteiger partial charge < -0.3 is 10.8 Å². The highest BCUT2D eigenvalue weighted by Gasteiger charge is 2.44. The molecule has 0 bridgehead atoms. The van der Waals surface area contributed by atoms with Gasteiger partial charge in [0.2, 0.25) is 0 Å². The third kappa shape index (κ3) is 0.980. The van der Waals surface area contributed by atoms with Crippen LogP contribution in [-0.2, 0) is 19.0 Å². The van der Waals surface area contributed by atoms with Crippen molar-refractivity contribution >= 4 is 0 Å². The Balaban J connectivity index is 2.61. The number of hydrogen-bond donors (Lipinski definition) is 2. The molecule has 0 spiro atoms. The molecule has 3 N–H and O–H groups in total. The molecule has 2 rings (SSSR count). The highest BCUT2D eigenvalue weighted by molar-refractivity contribution is 5.39. The number of aliphatic hydroxyl groups excluding tert-OH is 1. The molecule has 1 aromatic rings. The lowest BCUT2D eigenvalue weighted by Gasteiger charge is -2.27. The van der Waals surface area contributed by atoms with Gasteiger partial charge in [-0.3, -0.25) is 4.68 Å². The van der Waals surface area contributed by atoms with Crippen molar-refractivity contribution < 1.29 is 5.11 Å². The minimum Gasteiger partial charge on any atom is -0.394 e. The zero-order valence-electron chi connectivity index (χ0n) is 8.91. The van der Waals surface area contributed by atoms with Crippen molar-refractivity contribution in [1.29, 1.82) is 0 Å². The second-order valence-electron chi connectivity index (χ2n) is 4.33. The number of aromatic nitrogens is 2. The summed E-state index contributed by atoms with van der Waals surface area (Å²) in [6, 6.07) is 0. The van der Waals surface area contributed by atoms with Crippen LogP contribution in [0, 0.1) is 12.8 Å². The van der Waals surface area contributed by atoms with Gasteiger partial charge in [0.05, 0.1) is 17.8 Å². The summed E-state index contributed by atoms with van der Waals surface area (Å²) >= 11 is 0. The van der Waals surface area contributed by atoms with Gasteiger partial charge in [-0.05, 0) is 19.3 Å². The lowest BCUT2D eigenvalue weighted by molar-refractivity contribution is 0.158. The van der Waals surface area contributed by atoms with Gasteiger partial charge in [0.1, 0.15) is 0 Å². The van der Waals surface area contributed by atoms with Crippen LogP contribution in [0.25, 0.3) is 0 Å². The summed E-state index contributed by atoms with van der Waals surface area (Å²) in [6.07, 6.45) is 0.906. The van der Waals surface area contributed by atoms with Crippen molar-refractivity contribution in [3.8, 4) is 0 Å². The first-order chi connectivity index (χ1) is 6.50. The van der Waals surface area contributed by atoms with Gasteiger partial charge in [-0.25, -0.2) is 0 Å². The second-order valence-corrected chi connectivity index (χ2v) is 4.33. The molecule has 0 aromatic carbocycles. The van der Waals surface area contributed by atoms with Gasteiger partial charge in [-0.2, -0.15) is 5.10 Å². The van der Waals surface area contributed by atoms with Crippen LogP contribution in [0.3, 0.4) is 0 Å². The monoisotopic (exact) mass is 195 g/mol. The number of nitrogens with two attached hydrogens (primary N) is 1. The summed E-state index contributed by atoms with van der Waals surface area (Å²) in [5.41, 5.74) is 8.81. The fourth-order valence-electron chi connectivity index (χ4n) is 2.50. The van der Waals surface area contributed by atoms with Gasteiger partial charge in [0.15, 0.2) is 0 Å². The topological polar surface area (TPSA) is 64.1 Å². The maximum atomic E-state index is 9.41. The molecule has 0 radical (unpaired) electrons. The predicted molar refractivity (Wildman–Crippen MR) is 53.8 cm³/mol. The van der Waals surface area contributed by atoms with E-state index in [2.05, 4.69) is 12.0 Å². The summed E-state index contributed by atoms with van der Waals surface area (Å²) in [7, 11) is 1.93. The third-order valence-corrected chi connectivity index (χ3v) is 3.45. The van der Waals surface area contributed by atoms with Crippen LogP contribution in [0.1, 0.15) is 23.9 Å². The van der Waals surface area contributed by atoms with Crippen LogP contribution >= 0.6 is 0 Å². The van der Waals surface area contributed by atoms with Crippen LogP contribution in [0.4, 0.5) is 0 Å². The molecule has 1 aliphatic carbocycles. The molecule has 0 amide bonds. The van der Waals surface area contributed by atoms with E-state index in [4.69, 9.17) is 5.73 Å². The Kier molecular flexibility index (Phi) is 1.94. The third-order valence-electron chi connectivity index (χ3n) is 3.45. The number of hydrogen-bond acceptors (Lipinski definition) is 3. The Hall–Kier alpha value is -0.870. The lowest BCUT2D eigenvalue weighted by Crippen LogP contribution is -2.44. The summed E-state index contributed by atoms with van der Waals surface area (Å²) in [6.45, 7) is 4.03. The molecular weight excluding hydrogens is 178 g/mol. The molecule has 2 atom stereocenters. The molecule has 78 valence electrons. The Morgan fingerprint density at radius 3 is 2.93 bits per heavy atom. The quantitative estimate of drug-likeness (QED) is 0.666. The molecule has 0 saturated carbocycles. The molecule has 0 fully saturated rings. The SMILES string of the molecule is Cc1nn(C)c2c1C(N)(CO)C(C)C2. The maximum absolute atomic E-state index is 9.41. The highest BCUT2D eigenvalue weighted by Crippen LogP contribution is 2.40. The van der Waals surface area contributed by atoms with Gasteiger partial charge in [0.25, 0.3) is 0 Å². The summed E-state index contributed by atoms with van der Waals surface area (Å²) < 4.78 is 1.88. The van der Waals surface area contributed by atoms with E-state index in [1.165, 1.54) is 5.69 Å². The first-order valence-corrected chi connectivity index (χ1v) is 4.93. The largest absolute Gasteiger partial charge is 0.394 e. The number of aliphatic hydroxyl groups is 1. The molecule has 2 unspecified atom stereocenters. The van der Waals surface area contributed by atoms with E-state index in [-0.39, 0.29) is 12.5 Å². The molecule has 1 aliphatic rings. The standard InChI is InChI=1S/C10H17N3O/c1-6-4-8-9(10(6,11)5-14)7(2)12-13(8)3/h6,14H,4-5,11H2,1-3H3. The van der Waals surface area contributed by atoms with E-state index < -0.39 is 5.54 Å². The summed E-state index contributed by atoms with van der Waals surface area (Å²) in [4.78, 5) is 0. The zero-order chi connectivity index (χ0) is 10.5. The molecule has 1 aromatic heterocycles. The van der Waals surface area contributed by atoms with Crippen LogP contribution in [0.15, 0.2) is 0 Å². The molecule has 4 heteroatoms. The molecule has 0 aliphatic heterocycles. The van der Waals surface area contributed by atoms with E-state index >= 15 is 0 Å². The number of rotatable bonds is 1. The van der Waals surface area contributed by atoms with Crippen molar-refractivity contribution in [1.82, 2.24) is 9.78 Å². The molecule has 0 saturated heterocycles. The van der Waals surface area contributed by atoms with E-state index in [0.29, 0.717) is 0 Å². The fourth-order valence-corrected chi connectivity index (χ4v) is 2.50. The molecule has 14 heavy (non-hydrogen) atoms. The predicted octanol–water partition coefficient (Wildman–Crippen LogP) is 0.0670. The van der Waals surface area contributed by atoms with Gasteiger partial charge in [0, 0.05) is 18.3 Å². The van der Waals surface area contributed by atoms with Crippen molar-refractivity contribution in [2.75, 3.05) is 6.61 Å². The van der Waals surface area contributed by atoms with Crippen LogP contribution in [0.2, 0.25) is 0 Å². The average Bonchev–Trinajstić information content (AvgIpc) is 2.54. The normalized spacial score (nSPS) is 30.8. The average molecular weight is 195 g/mol. The molecule has 1 heterocycles. The van der Waals surface area contributed by atoms with Gasteiger partial charge >= 0.3 is 0 Å². The number of nitrogens with zero attached hydrogens (tertiary/aromatic N) is 2. The molecule has 4 nitrogen and oxygen atoms in total. The van der Waals surface area contributed by atoms with E-state index in [1.54, 1.807) is 0 Å². The fraction of sp³-hybridized carbons (Fsp3) is 0.700. The van der Waals surface area contributed by atoms with Crippen molar-refractivity contribution in [2.45, 2.75) is 25.8 Å². The second kappa shape index (κ2) is 2.81. The Bertz CT molecular complexity index is 372. The highest BCUT2D eigenvalue weighted by atomic mass is 16.3. The van der Waals surface area contributed by atoms with Crippen molar-refractivity contribution in [2.24, 2.45) is 18.7 Å². The first-order valence-electron chi connectivity index (χ1n) is 4.93. The van der Waals surface area contributed by atoms with Crippen molar-refractivity contribution in [3.05, 3.63) is 17.0 Å². The van der Waals surface area contributed by atoms with Crippen LogP contribution in [-0.4, -0.2) is 21.5 Å². The smallest absolute Gasteiger partial charge is 0.0710 e. The summed E-state index contributed by atoms with van der Waals surface area (Å²) in [5, 5.41) is 13.8.